The van der Waals surface area contributed by atoms with Gasteiger partial charge in [0.2, 0.25) is 5.79 Å². The van der Waals surface area contributed by atoms with Crippen molar-refractivity contribution in [3.05, 3.63) is 0 Å². The van der Waals surface area contributed by atoms with Crippen LogP contribution in [0, 0.1) is 0 Å². The van der Waals surface area contributed by atoms with Crippen molar-refractivity contribution in [3.63, 3.8) is 0 Å². The van der Waals surface area contributed by atoms with Gasteiger partial charge >= 0.3 is 0 Å². The lowest BCUT2D eigenvalue weighted by Gasteiger charge is -2.29. The molecule has 4 atom stereocenters. The summed E-state index contributed by atoms with van der Waals surface area (Å²) in [7, 11) is 0. The maximum atomic E-state index is 9.36. The second kappa shape index (κ2) is 3.25. The third-order valence-electron chi connectivity index (χ3n) is 1.92. The summed E-state index contributed by atoms with van der Waals surface area (Å²) >= 11 is 0. The smallest absolute Gasteiger partial charge is 0.224 e. The molecule has 6 heteroatoms. The lowest BCUT2D eigenvalue weighted by molar-refractivity contribution is -0.271. The number of rotatable bonds is 2. The van der Waals surface area contributed by atoms with Crippen molar-refractivity contribution in [1.29, 1.82) is 0 Å². The van der Waals surface area contributed by atoms with Crippen LogP contribution in [0.15, 0.2) is 0 Å². The van der Waals surface area contributed by atoms with Crippen LogP contribution >= 0.6 is 0 Å². The second-order valence-corrected chi connectivity index (χ2v) is 2.77. The molecule has 1 fully saturated rings. The maximum Gasteiger partial charge on any atom is 0.224 e. The number of aliphatic hydroxyl groups excluding tert-OH is 4. The van der Waals surface area contributed by atoms with E-state index in [1.54, 1.807) is 0 Å². The zero-order valence-electron chi connectivity index (χ0n) is 6.29. The van der Waals surface area contributed by atoms with Crippen molar-refractivity contribution in [2.45, 2.75) is 24.1 Å². The summed E-state index contributed by atoms with van der Waals surface area (Å²) in [5, 5.41) is 44.9. The van der Waals surface area contributed by atoms with E-state index < -0.39 is 30.7 Å². The van der Waals surface area contributed by atoms with Gasteiger partial charge in [-0.25, -0.2) is 0 Å². The molecule has 0 aromatic heterocycles. The zero-order valence-corrected chi connectivity index (χ0v) is 6.29. The molecule has 6 nitrogen and oxygen atoms in total. The topological polar surface area (TPSA) is 110 Å². The van der Waals surface area contributed by atoms with E-state index in [0.717, 1.165) is 0 Å². The second-order valence-electron chi connectivity index (χ2n) is 2.77. The largest absolute Gasteiger partial charge is 0.393 e. The van der Waals surface area contributed by atoms with E-state index in [2.05, 4.69) is 4.74 Å². The van der Waals surface area contributed by atoms with Crippen molar-refractivity contribution < 1.29 is 30.3 Å². The monoisotopic (exact) mass is 180 g/mol. The Kier molecular flexibility index (Phi) is 2.67. The minimum absolute atomic E-state index is 0.269. The average Bonchev–Trinajstić information content (AvgIpc) is 2.33. The summed E-state index contributed by atoms with van der Waals surface area (Å²) in [6.07, 6.45) is -4.46. The predicted octanol–water partition coefficient (Wildman–Crippen LogP) is -3.22. The molecular formula is C6H12O6. The van der Waals surface area contributed by atoms with Gasteiger partial charge in [-0.2, -0.15) is 0 Å². The highest BCUT2D eigenvalue weighted by molar-refractivity contribution is 4.94. The Labute approximate surface area is 68.6 Å². The molecule has 72 valence electrons. The molecule has 0 aromatic carbocycles. The predicted molar refractivity (Wildman–Crippen MR) is 36.0 cm³/mol. The first-order chi connectivity index (χ1) is 5.52. The van der Waals surface area contributed by atoms with Gasteiger partial charge in [0.1, 0.15) is 18.3 Å². The van der Waals surface area contributed by atoms with Crippen molar-refractivity contribution >= 4 is 0 Å². The van der Waals surface area contributed by atoms with E-state index in [0.29, 0.717) is 0 Å². The minimum Gasteiger partial charge on any atom is -0.393 e. The molecule has 12 heavy (non-hydrogen) atoms. The van der Waals surface area contributed by atoms with Crippen LogP contribution in [-0.4, -0.2) is 62.8 Å². The minimum atomic E-state index is -2.26. The van der Waals surface area contributed by atoms with Gasteiger partial charge in [-0.15, -0.1) is 0 Å². The summed E-state index contributed by atoms with van der Waals surface area (Å²) in [6.45, 7) is -1.02. The zero-order chi connectivity index (χ0) is 9.35. The van der Waals surface area contributed by atoms with Gasteiger partial charge < -0.3 is 30.3 Å². The quantitative estimate of drug-likeness (QED) is 0.306. The number of hydrogen-bond donors (Lipinski definition) is 5. The van der Waals surface area contributed by atoms with E-state index in [9.17, 15) is 5.11 Å². The first-order valence-corrected chi connectivity index (χ1v) is 3.53. The maximum absolute atomic E-state index is 9.36. The molecular weight excluding hydrogens is 168 g/mol. The molecule has 0 bridgehead atoms. The van der Waals surface area contributed by atoms with Crippen molar-refractivity contribution in [1.82, 2.24) is 0 Å². The van der Waals surface area contributed by atoms with Crippen LogP contribution in [-0.2, 0) is 4.74 Å². The summed E-state index contributed by atoms with van der Waals surface area (Å²) < 4.78 is 4.56. The van der Waals surface area contributed by atoms with Crippen molar-refractivity contribution in [2.75, 3.05) is 13.2 Å². The Morgan fingerprint density at radius 1 is 1.50 bits per heavy atom. The van der Waals surface area contributed by atoms with E-state index in [4.69, 9.17) is 20.4 Å². The van der Waals surface area contributed by atoms with E-state index in [1.165, 1.54) is 0 Å². The van der Waals surface area contributed by atoms with Gasteiger partial charge in [-0.1, -0.05) is 0 Å². The lowest BCUT2D eigenvalue weighted by Crippen LogP contribution is -2.53. The molecule has 1 aliphatic heterocycles. The molecule has 0 aromatic rings. The fourth-order valence-corrected chi connectivity index (χ4v) is 1.10. The number of hydrogen-bond acceptors (Lipinski definition) is 6. The molecule has 1 rings (SSSR count). The summed E-state index contributed by atoms with van der Waals surface area (Å²) in [4.78, 5) is 0. The summed E-state index contributed by atoms with van der Waals surface area (Å²) in [5.74, 6) is -2.26. The Morgan fingerprint density at radius 3 is 2.42 bits per heavy atom. The van der Waals surface area contributed by atoms with Crippen LogP contribution in [0.2, 0.25) is 0 Å². The van der Waals surface area contributed by atoms with Gasteiger partial charge in [0.05, 0.1) is 13.2 Å². The van der Waals surface area contributed by atoms with E-state index in [-0.39, 0.29) is 6.61 Å². The first-order valence-electron chi connectivity index (χ1n) is 3.53. The third-order valence-corrected chi connectivity index (χ3v) is 1.92. The highest BCUT2D eigenvalue weighted by atomic mass is 16.7. The summed E-state index contributed by atoms with van der Waals surface area (Å²) in [6, 6.07) is 0. The lowest BCUT2D eigenvalue weighted by atomic mass is 10.0. The fraction of sp³-hybridized carbons (Fsp3) is 1.00. The standard InChI is InChI=1S/C6H12O6/c7-1-4(9)6(11)5(10)3(8)2-12-6/h3-5,7-11H,1-2H2. The molecule has 0 saturated carbocycles. The fourth-order valence-electron chi connectivity index (χ4n) is 1.10. The van der Waals surface area contributed by atoms with Gasteiger partial charge in [0, 0.05) is 0 Å². The van der Waals surface area contributed by atoms with Crippen LogP contribution < -0.4 is 0 Å². The molecule has 0 aliphatic carbocycles. The van der Waals surface area contributed by atoms with Gasteiger partial charge in [0.25, 0.3) is 0 Å². The average molecular weight is 180 g/mol. The van der Waals surface area contributed by atoms with Crippen LogP contribution in [0.1, 0.15) is 0 Å². The molecule has 5 N–H and O–H groups in total. The summed E-state index contributed by atoms with van der Waals surface area (Å²) in [5.41, 5.74) is 0. The van der Waals surface area contributed by atoms with Crippen molar-refractivity contribution in [3.8, 4) is 0 Å². The van der Waals surface area contributed by atoms with Crippen LogP contribution in [0.4, 0.5) is 0 Å². The molecule has 1 heterocycles. The first kappa shape index (κ1) is 9.85. The Bertz CT molecular complexity index is 162. The molecule has 0 radical (unpaired) electrons. The van der Waals surface area contributed by atoms with Gasteiger partial charge in [-0.05, 0) is 0 Å². The Morgan fingerprint density at radius 2 is 2.08 bits per heavy atom. The highest BCUT2D eigenvalue weighted by Gasteiger charge is 2.52. The number of ether oxygens (including phenoxy) is 1. The molecule has 1 aliphatic rings. The van der Waals surface area contributed by atoms with Crippen LogP contribution in [0.25, 0.3) is 0 Å². The SMILES string of the molecule is OCC(O)C1(O)OCC(O)C1O. The van der Waals surface area contributed by atoms with E-state index in [1.807, 2.05) is 0 Å². The van der Waals surface area contributed by atoms with Gasteiger partial charge in [0.15, 0.2) is 0 Å². The van der Waals surface area contributed by atoms with Crippen LogP contribution in [0.3, 0.4) is 0 Å². The van der Waals surface area contributed by atoms with Gasteiger partial charge in [-0.3, -0.25) is 0 Å². The number of aliphatic hydroxyl groups is 5. The van der Waals surface area contributed by atoms with E-state index >= 15 is 0 Å². The molecule has 0 amide bonds. The van der Waals surface area contributed by atoms with Crippen molar-refractivity contribution in [2.24, 2.45) is 0 Å². The Balaban J connectivity index is 2.71. The molecule has 1 saturated heterocycles. The Hall–Kier alpha value is -0.240. The molecule has 4 unspecified atom stereocenters. The normalized spacial score (nSPS) is 44.8. The third kappa shape index (κ3) is 1.33. The van der Waals surface area contributed by atoms with Crippen LogP contribution in [0.5, 0.6) is 0 Å². The molecule has 0 spiro atoms. The highest BCUT2D eigenvalue weighted by Crippen LogP contribution is 2.27.